The maximum Gasteiger partial charge on any atom is 0.294 e. The van der Waals surface area contributed by atoms with Crippen molar-refractivity contribution in [3.63, 3.8) is 0 Å². The van der Waals surface area contributed by atoms with Crippen LogP contribution >= 0.6 is 0 Å². The average molecular weight is 963 g/mol. The summed E-state index contributed by atoms with van der Waals surface area (Å²) in [7, 11) is 0. The van der Waals surface area contributed by atoms with Crippen molar-refractivity contribution in [2.45, 2.75) is 182 Å². The summed E-state index contributed by atoms with van der Waals surface area (Å²) in [4.78, 5) is 64.0. The maximum atomic E-state index is 13.4. The van der Waals surface area contributed by atoms with E-state index in [0.717, 1.165) is 88.9 Å². The third-order valence-electron chi connectivity index (χ3n) is 13.0. The predicted molar refractivity (Wildman–Crippen MR) is 287 cm³/mol. The summed E-state index contributed by atoms with van der Waals surface area (Å²) in [6, 6.07) is 16.4. The molecule has 2 aromatic heterocycles. The van der Waals surface area contributed by atoms with E-state index in [0.29, 0.717) is 11.4 Å². The van der Waals surface area contributed by atoms with Gasteiger partial charge in [0.25, 0.3) is 23.2 Å². The molecule has 2 aromatic carbocycles. The van der Waals surface area contributed by atoms with Gasteiger partial charge in [0.15, 0.2) is 0 Å². The molecule has 0 unspecified atom stereocenters. The molecule has 70 heavy (non-hydrogen) atoms. The van der Waals surface area contributed by atoms with E-state index in [4.69, 9.17) is 0 Å². The van der Waals surface area contributed by atoms with E-state index >= 15 is 0 Å². The summed E-state index contributed by atoms with van der Waals surface area (Å²) >= 11 is 0. The second kappa shape index (κ2) is 32.8. The number of rotatable bonds is 37. The molecule has 0 bridgehead atoms. The van der Waals surface area contributed by atoms with Gasteiger partial charge in [0, 0.05) is 62.1 Å². The molecular weight excluding hydrogens is 881 g/mol. The van der Waals surface area contributed by atoms with Crippen molar-refractivity contribution in [1.29, 1.82) is 0 Å². The van der Waals surface area contributed by atoms with Crippen molar-refractivity contribution < 1.29 is 19.4 Å². The highest BCUT2D eigenvalue weighted by molar-refractivity contribution is 6.06. The van der Waals surface area contributed by atoms with Crippen molar-refractivity contribution in [2.75, 3.05) is 46.6 Å². The molecule has 0 atom stereocenters. The molecule has 0 spiro atoms. The largest absolute Gasteiger partial charge is 0.371 e. The molecule has 14 nitrogen and oxygen atoms in total. The number of amides is 2. The predicted octanol–water partition coefficient (Wildman–Crippen LogP) is 15.5. The number of nitro benzene ring substituents is 2. The monoisotopic (exact) mass is 963 g/mol. The number of nitro groups is 2. The van der Waals surface area contributed by atoms with Gasteiger partial charge in [-0.1, -0.05) is 156 Å². The Morgan fingerprint density at radius 2 is 0.743 bits per heavy atom. The van der Waals surface area contributed by atoms with Gasteiger partial charge in [-0.3, -0.25) is 39.8 Å². The number of anilines is 4. The number of aromatic nitrogens is 2. The molecule has 4 aromatic rings. The molecule has 0 fully saturated rings. The van der Waals surface area contributed by atoms with Crippen LogP contribution in [-0.2, 0) is 0 Å². The molecule has 2 heterocycles. The molecule has 2 amide bonds. The van der Waals surface area contributed by atoms with Crippen molar-refractivity contribution in [2.24, 2.45) is 0 Å². The molecular formula is C56H82N8O6. The number of benzene rings is 2. The number of nitrogens with one attached hydrogen (secondary N) is 2. The van der Waals surface area contributed by atoms with E-state index in [2.05, 4.69) is 58.1 Å². The Kier molecular flexibility index (Phi) is 26.6. The Morgan fingerprint density at radius 3 is 1.01 bits per heavy atom. The van der Waals surface area contributed by atoms with Gasteiger partial charge >= 0.3 is 0 Å². The van der Waals surface area contributed by atoms with Crippen LogP contribution in [0.4, 0.5) is 34.1 Å². The second-order valence-electron chi connectivity index (χ2n) is 18.7. The van der Waals surface area contributed by atoms with Gasteiger partial charge in [-0.15, -0.1) is 0 Å². The molecule has 0 aliphatic carbocycles. The third-order valence-corrected chi connectivity index (χ3v) is 13.0. The molecule has 4 rings (SSSR count). The summed E-state index contributed by atoms with van der Waals surface area (Å²) < 4.78 is 0. The highest BCUT2D eigenvalue weighted by atomic mass is 16.6. The SMILES string of the molecule is CCCCCCCCN(CCCCCCCC)c1ccc(NC(=O)c2ccc(-c3ccc(C(=O)Nc4ccc(N(CCCCCCCC)CCCCCCCC)cc4[N+](=O)[O-])cn3)nc2)c([N+](=O)[O-])c1. The smallest absolute Gasteiger partial charge is 0.294 e. The van der Waals surface area contributed by atoms with Crippen LogP contribution in [0.2, 0.25) is 0 Å². The van der Waals surface area contributed by atoms with Gasteiger partial charge < -0.3 is 20.4 Å². The molecule has 0 aliphatic rings. The number of hydrogen-bond donors (Lipinski definition) is 2. The zero-order valence-corrected chi connectivity index (χ0v) is 42.9. The zero-order chi connectivity index (χ0) is 50.4. The van der Waals surface area contributed by atoms with E-state index in [9.17, 15) is 29.8 Å². The Labute approximate surface area is 418 Å². The molecule has 0 aliphatic heterocycles. The fourth-order valence-electron chi connectivity index (χ4n) is 8.77. The minimum atomic E-state index is -0.545. The highest BCUT2D eigenvalue weighted by Gasteiger charge is 2.22. The fraction of sp³-hybridized carbons (Fsp3) is 0.571. The first-order valence-electron chi connectivity index (χ1n) is 26.7. The van der Waals surface area contributed by atoms with Crippen LogP contribution in [0, 0.1) is 20.2 Å². The number of pyridine rings is 2. The summed E-state index contributed by atoms with van der Waals surface area (Å²) in [6.07, 6.45) is 30.7. The maximum absolute atomic E-state index is 13.4. The lowest BCUT2D eigenvalue weighted by Gasteiger charge is -2.25. The summed E-state index contributed by atoms with van der Waals surface area (Å²) in [6.45, 7) is 12.1. The van der Waals surface area contributed by atoms with E-state index in [1.54, 1.807) is 48.5 Å². The quantitative estimate of drug-likeness (QED) is 0.0251. The molecule has 382 valence electrons. The molecule has 14 heteroatoms. The van der Waals surface area contributed by atoms with Gasteiger partial charge in [-0.05, 0) is 74.2 Å². The lowest BCUT2D eigenvalue weighted by Crippen LogP contribution is -2.26. The highest BCUT2D eigenvalue weighted by Crippen LogP contribution is 2.33. The first-order valence-corrected chi connectivity index (χ1v) is 26.7. The number of hydrogen-bond acceptors (Lipinski definition) is 10. The first-order chi connectivity index (χ1) is 34.1. The molecule has 2 N–H and O–H groups in total. The third kappa shape index (κ3) is 19.8. The minimum absolute atomic E-state index is 0.104. The standard InChI is InChI=1S/C56H82N8O6/c1-5-9-13-17-21-25-37-61(38-26-22-18-14-10-6-2)47-31-35-51(53(41-47)63(67)68)59-55(65)45-29-33-49(57-43-45)50-34-30-46(44-58-50)56(66)60-52-36-32-48(42-54(52)64(69)70)62(39-27-23-19-15-11-7-3)40-28-24-20-16-12-8-4/h29-36,41-44H,5-28,37-40H2,1-4H3,(H,59,65)(H,60,66). The van der Waals surface area contributed by atoms with Gasteiger partial charge in [0.2, 0.25) is 0 Å². The van der Waals surface area contributed by atoms with Gasteiger partial charge in [0.05, 0.1) is 32.4 Å². The van der Waals surface area contributed by atoms with Crippen LogP contribution in [0.25, 0.3) is 11.4 Å². The Bertz CT molecular complexity index is 1980. The zero-order valence-electron chi connectivity index (χ0n) is 42.9. The van der Waals surface area contributed by atoms with Crippen LogP contribution in [0.3, 0.4) is 0 Å². The second-order valence-corrected chi connectivity index (χ2v) is 18.7. The number of unbranched alkanes of at least 4 members (excludes halogenated alkanes) is 20. The van der Waals surface area contributed by atoms with E-state index in [-0.39, 0.29) is 33.9 Å². The lowest BCUT2D eigenvalue weighted by molar-refractivity contribution is -0.384. The Morgan fingerprint density at radius 1 is 0.443 bits per heavy atom. The summed E-state index contributed by atoms with van der Waals surface area (Å²) in [5, 5.41) is 30.2. The first kappa shape index (κ1) is 56.7. The minimum Gasteiger partial charge on any atom is -0.371 e. The van der Waals surface area contributed by atoms with Crippen molar-refractivity contribution in [3.8, 4) is 11.4 Å². The van der Waals surface area contributed by atoms with Crippen LogP contribution < -0.4 is 20.4 Å². The van der Waals surface area contributed by atoms with E-state index in [1.165, 1.54) is 115 Å². The molecule has 0 saturated carbocycles. The van der Waals surface area contributed by atoms with Crippen molar-refractivity contribution in [3.05, 3.63) is 104 Å². The van der Waals surface area contributed by atoms with Gasteiger partial charge in [0.1, 0.15) is 11.4 Å². The topological polar surface area (TPSA) is 177 Å². The number of carbonyl (C=O) groups excluding carboxylic acids is 2. The van der Waals surface area contributed by atoms with Crippen LogP contribution in [0.15, 0.2) is 73.1 Å². The average Bonchev–Trinajstić information content (AvgIpc) is 3.37. The Balaban J connectivity index is 1.40. The molecule has 0 saturated heterocycles. The Hall–Kier alpha value is -5.92. The van der Waals surface area contributed by atoms with Crippen molar-refractivity contribution in [1.82, 2.24) is 9.97 Å². The van der Waals surface area contributed by atoms with E-state index < -0.39 is 21.7 Å². The van der Waals surface area contributed by atoms with Crippen LogP contribution in [-0.4, -0.2) is 57.8 Å². The summed E-state index contributed by atoms with van der Waals surface area (Å²) in [5.74, 6) is -1.09. The number of carbonyl (C=O) groups is 2. The van der Waals surface area contributed by atoms with Gasteiger partial charge in [-0.2, -0.15) is 0 Å². The van der Waals surface area contributed by atoms with Crippen LogP contribution in [0.1, 0.15) is 203 Å². The van der Waals surface area contributed by atoms with Crippen LogP contribution in [0.5, 0.6) is 0 Å². The normalized spacial score (nSPS) is 11.1. The summed E-state index contributed by atoms with van der Waals surface area (Å²) in [5.41, 5.74) is 2.70. The van der Waals surface area contributed by atoms with E-state index in [1.807, 2.05) is 12.1 Å². The number of nitrogens with zero attached hydrogens (tertiary/aromatic N) is 6. The lowest BCUT2D eigenvalue weighted by atomic mass is 10.1. The molecule has 0 radical (unpaired) electrons. The fourth-order valence-corrected chi connectivity index (χ4v) is 8.77. The van der Waals surface area contributed by atoms with Crippen molar-refractivity contribution >= 4 is 45.9 Å². The van der Waals surface area contributed by atoms with Gasteiger partial charge in [-0.25, -0.2) is 0 Å².